The second-order valence-corrected chi connectivity index (χ2v) is 6.92. The monoisotopic (exact) mass is 403 g/mol. The first-order chi connectivity index (χ1) is 11.7. The molecule has 2 aliphatic heterocycles. The summed E-state index contributed by atoms with van der Waals surface area (Å²) in [5, 5.41) is 0. The van der Waals surface area contributed by atoms with Crippen molar-refractivity contribution in [2.75, 3.05) is 45.1 Å². The number of rotatable bonds is 6. The van der Waals surface area contributed by atoms with Gasteiger partial charge in [0.05, 0.1) is 19.1 Å². The Hall–Kier alpha value is -1.01. The number of carbonyl (C=O) groups excluding carboxylic acids is 1. The van der Waals surface area contributed by atoms with Crippen LogP contribution in [-0.4, -0.2) is 61.1 Å². The molecule has 5 nitrogen and oxygen atoms in total. The number of ether oxygens (including phenoxy) is 1. The first kappa shape index (κ1) is 23.0. The van der Waals surface area contributed by atoms with Gasteiger partial charge in [0, 0.05) is 25.3 Å². The highest BCUT2D eigenvalue weighted by atomic mass is 35.5. The van der Waals surface area contributed by atoms with Crippen LogP contribution in [0.1, 0.15) is 31.2 Å². The van der Waals surface area contributed by atoms with E-state index in [9.17, 15) is 4.79 Å². The van der Waals surface area contributed by atoms with Crippen LogP contribution in [0.25, 0.3) is 0 Å². The fourth-order valence-corrected chi connectivity index (χ4v) is 3.55. The van der Waals surface area contributed by atoms with Crippen LogP contribution in [0.4, 0.5) is 5.69 Å². The molecule has 1 amide bonds. The summed E-state index contributed by atoms with van der Waals surface area (Å²) >= 11 is 0. The number of benzene rings is 1. The quantitative estimate of drug-likeness (QED) is 0.741. The molecule has 2 saturated heterocycles. The molecule has 148 valence electrons. The van der Waals surface area contributed by atoms with Crippen molar-refractivity contribution in [1.82, 2.24) is 9.80 Å². The van der Waals surface area contributed by atoms with E-state index in [-0.39, 0.29) is 30.7 Å². The van der Waals surface area contributed by atoms with Gasteiger partial charge in [-0.1, -0.05) is 12.1 Å². The van der Waals surface area contributed by atoms with Crippen LogP contribution in [0, 0.1) is 0 Å². The lowest BCUT2D eigenvalue weighted by Crippen LogP contribution is -2.42. The number of amides is 1. The summed E-state index contributed by atoms with van der Waals surface area (Å²) in [6.45, 7) is 5.94. The minimum absolute atomic E-state index is 0. The van der Waals surface area contributed by atoms with Gasteiger partial charge in [-0.2, -0.15) is 0 Å². The van der Waals surface area contributed by atoms with Crippen molar-refractivity contribution >= 4 is 36.4 Å². The van der Waals surface area contributed by atoms with Gasteiger partial charge in [-0.3, -0.25) is 4.79 Å². The molecule has 0 radical (unpaired) electrons. The van der Waals surface area contributed by atoms with E-state index in [2.05, 4.69) is 4.90 Å². The maximum Gasteiger partial charge on any atom is 0.226 e. The zero-order valence-corrected chi connectivity index (χ0v) is 16.9. The summed E-state index contributed by atoms with van der Waals surface area (Å²) in [5.41, 5.74) is 7.44. The number of carbonyl (C=O) groups is 1. The molecule has 0 unspecified atom stereocenters. The van der Waals surface area contributed by atoms with E-state index in [4.69, 9.17) is 10.5 Å². The Bertz CT molecular complexity index is 528. The molecule has 0 bridgehead atoms. The van der Waals surface area contributed by atoms with E-state index >= 15 is 0 Å². The van der Waals surface area contributed by atoms with Gasteiger partial charge in [0.2, 0.25) is 5.91 Å². The van der Waals surface area contributed by atoms with E-state index in [1.165, 1.54) is 25.9 Å². The van der Waals surface area contributed by atoms with E-state index in [0.29, 0.717) is 12.5 Å². The van der Waals surface area contributed by atoms with Crippen LogP contribution in [-0.2, 0) is 16.0 Å². The molecule has 2 fully saturated rings. The minimum atomic E-state index is 0. The molecule has 0 saturated carbocycles. The molecule has 0 spiro atoms. The maximum atomic E-state index is 12.4. The highest BCUT2D eigenvalue weighted by Crippen LogP contribution is 2.16. The number of likely N-dealkylation sites (tertiary alicyclic amines) is 2. The average Bonchev–Trinajstić information content (AvgIpc) is 3.11. The molecule has 2 heterocycles. The minimum Gasteiger partial charge on any atom is -0.399 e. The Morgan fingerprint density at radius 1 is 1.04 bits per heavy atom. The molecule has 26 heavy (non-hydrogen) atoms. The van der Waals surface area contributed by atoms with Gasteiger partial charge in [-0.25, -0.2) is 0 Å². The van der Waals surface area contributed by atoms with Crippen LogP contribution < -0.4 is 5.73 Å². The summed E-state index contributed by atoms with van der Waals surface area (Å²) in [4.78, 5) is 16.8. The SMILES string of the molecule is Cl.Cl.Nc1ccc(CC(=O)N2CCC(OCCN3CCCC3)CC2)cc1. The molecule has 0 aromatic heterocycles. The van der Waals surface area contributed by atoms with Crippen LogP contribution >= 0.6 is 24.8 Å². The Labute approximate surface area is 169 Å². The van der Waals surface area contributed by atoms with Crippen molar-refractivity contribution < 1.29 is 9.53 Å². The van der Waals surface area contributed by atoms with Crippen LogP contribution in [0.15, 0.2) is 24.3 Å². The van der Waals surface area contributed by atoms with Gasteiger partial charge in [0.15, 0.2) is 0 Å². The lowest BCUT2D eigenvalue weighted by molar-refractivity contribution is -0.133. The van der Waals surface area contributed by atoms with Crippen LogP contribution in [0.5, 0.6) is 0 Å². The Morgan fingerprint density at radius 2 is 1.65 bits per heavy atom. The highest BCUT2D eigenvalue weighted by Gasteiger charge is 2.23. The van der Waals surface area contributed by atoms with Crippen LogP contribution in [0.2, 0.25) is 0 Å². The number of nitrogen functional groups attached to an aromatic ring is 1. The second kappa shape index (κ2) is 11.7. The first-order valence-electron chi connectivity index (χ1n) is 9.17. The van der Waals surface area contributed by atoms with E-state index in [0.717, 1.165) is 50.3 Å². The summed E-state index contributed by atoms with van der Waals surface area (Å²) in [7, 11) is 0. The third-order valence-corrected chi connectivity index (χ3v) is 5.09. The fourth-order valence-electron chi connectivity index (χ4n) is 3.55. The summed E-state index contributed by atoms with van der Waals surface area (Å²) < 4.78 is 6.01. The molecule has 0 atom stereocenters. The maximum absolute atomic E-state index is 12.4. The number of hydrogen-bond donors (Lipinski definition) is 1. The molecule has 1 aromatic carbocycles. The highest BCUT2D eigenvalue weighted by molar-refractivity contribution is 5.85. The smallest absolute Gasteiger partial charge is 0.226 e. The van der Waals surface area contributed by atoms with Crippen molar-refractivity contribution in [1.29, 1.82) is 0 Å². The van der Waals surface area contributed by atoms with Gasteiger partial charge >= 0.3 is 0 Å². The summed E-state index contributed by atoms with van der Waals surface area (Å²) in [6.07, 6.45) is 5.33. The van der Waals surface area contributed by atoms with E-state index in [1.807, 2.05) is 29.2 Å². The Kier molecular flexibility index (Phi) is 10.3. The molecule has 2 N–H and O–H groups in total. The first-order valence-corrected chi connectivity index (χ1v) is 9.17. The fraction of sp³-hybridized carbons (Fsp3) is 0.632. The molecule has 2 aliphatic rings. The van der Waals surface area contributed by atoms with Gasteiger partial charge in [0.1, 0.15) is 0 Å². The molecule has 3 rings (SSSR count). The molecular formula is C19H31Cl2N3O2. The third kappa shape index (κ3) is 6.95. The third-order valence-electron chi connectivity index (χ3n) is 5.09. The van der Waals surface area contributed by atoms with Crippen molar-refractivity contribution in [2.45, 2.75) is 38.2 Å². The lowest BCUT2D eigenvalue weighted by atomic mass is 10.1. The number of halogens is 2. The van der Waals surface area contributed by atoms with E-state index in [1.54, 1.807) is 0 Å². The van der Waals surface area contributed by atoms with Crippen molar-refractivity contribution in [3.63, 3.8) is 0 Å². The number of nitrogens with two attached hydrogens (primary N) is 1. The van der Waals surface area contributed by atoms with Crippen molar-refractivity contribution in [3.05, 3.63) is 29.8 Å². The van der Waals surface area contributed by atoms with Gasteiger partial charge in [-0.15, -0.1) is 24.8 Å². The average molecular weight is 404 g/mol. The van der Waals surface area contributed by atoms with Crippen LogP contribution in [0.3, 0.4) is 0 Å². The molecule has 7 heteroatoms. The van der Waals surface area contributed by atoms with Gasteiger partial charge in [-0.05, 0) is 56.5 Å². The Balaban J connectivity index is 0.00000169. The number of anilines is 1. The standard InChI is InChI=1S/C19H29N3O2.2ClH/c20-17-5-3-16(4-6-17)15-19(23)22-11-7-18(8-12-22)24-14-13-21-9-1-2-10-21;;/h3-6,18H,1-2,7-15,20H2;2*1H. The molecular weight excluding hydrogens is 373 g/mol. The zero-order chi connectivity index (χ0) is 16.8. The van der Waals surface area contributed by atoms with Crippen molar-refractivity contribution in [2.24, 2.45) is 0 Å². The lowest BCUT2D eigenvalue weighted by Gasteiger charge is -2.32. The van der Waals surface area contributed by atoms with Crippen molar-refractivity contribution in [3.8, 4) is 0 Å². The molecule has 0 aliphatic carbocycles. The normalized spacial score (nSPS) is 18.2. The predicted molar refractivity (Wildman–Crippen MR) is 110 cm³/mol. The van der Waals surface area contributed by atoms with E-state index < -0.39 is 0 Å². The number of piperidine rings is 1. The number of nitrogens with zero attached hydrogens (tertiary/aromatic N) is 2. The predicted octanol–water partition coefficient (Wildman–Crippen LogP) is 2.76. The van der Waals surface area contributed by atoms with Gasteiger partial charge in [0.25, 0.3) is 0 Å². The summed E-state index contributed by atoms with van der Waals surface area (Å²) in [6, 6.07) is 7.56. The van der Waals surface area contributed by atoms with Gasteiger partial charge < -0.3 is 20.3 Å². The Morgan fingerprint density at radius 3 is 2.27 bits per heavy atom. The largest absolute Gasteiger partial charge is 0.399 e. The topological polar surface area (TPSA) is 58.8 Å². The zero-order valence-electron chi connectivity index (χ0n) is 15.3. The second-order valence-electron chi connectivity index (χ2n) is 6.92. The molecule has 1 aromatic rings. The summed E-state index contributed by atoms with van der Waals surface area (Å²) in [5.74, 6) is 0.204. The number of hydrogen-bond acceptors (Lipinski definition) is 4.